The number of amides is 4. The molecule has 7 N–H and O–H groups in total. The summed E-state index contributed by atoms with van der Waals surface area (Å²) >= 11 is 0. The number of carbonyl (C=O) groups is 7. The maximum atomic E-state index is 12.9. The normalized spacial score (nSPS) is 15.8. The molecule has 2 unspecified atom stereocenters. The fourth-order valence-corrected chi connectivity index (χ4v) is 2.97. The highest BCUT2D eigenvalue weighted by Gasteiger charge is 2.33. The lowest BCUT2D eigenvalue weighted by atomic mass is 9.97. The summed E-state index contributed by atoms with van der Waals surface area (Å²) in [7, 11) is 0. The number of carboxylic acid groups (broad SMARTS) is 2. The van der Waals surface area contributed by atoms with Crippen LogP contribution in [0.4, 0.5) is 0 Å². The van der Waals surface area contributed by atoms with Crippen LogP contribution in [0.25, 0.3) is 0 Å². The van der Waals surface area contributed by atoms with Gasteiger partial charge in [0.25, 0.3) is 0 Å². The number of hydrogen-bond acceptors (Lipinski definition) is 8. The Morgan fingerprint density at radius 2 is 1.40 bits per heavy atom. The first-order valence-electron chi connectivity index (χ1n) is 11.0. The molecule has 198 valence electrons. The summed E-state index contributed by atoms with van der Waals surface area (Å²) in [6.07, 6.45) is -2.44. The van der Waals surface area contributed by atoms with Gasteiger partial charge in [-0.1, -0.05) is 20.3 Å². The minimum absolute atomic E-state index is 0.180. The summed E-state index contributed by atoms with van der Waals surface area (Å²) in [5.74, 6) is -6.27. The van der Waals surface area contributed by atoms with Gasteiger partial charge in [0.2, 0.25) is 23.6 Å². The van der Waals surface area contributed by atoms with Crippen LogP contribution in [0.15, 0.2) is 0 Å². The van der Waals surface area contributed by atoms with E-state index in [0.29, 0.717) is 6.42 Å². The van der Waals surface area contributed by atoms with E-state index in [1.165, 1.54) is 6.92 Å². The summed E-state index contributed by atoms with van der Waals surface area (Å²) in [5.41, 5.74) is 0. The Morgan fingerprint density at radius 1 is 0.829 bits per heavy atom. The third-order valence-electron chi connectivity index (χ3n) is 5.08. The standard InChI is InChI=1S/C21H34N4O10/c1-5-10(2)17(22-12(4)28)20(34)24-14(6-7-15(29)30)19(33)25-18(11(3)27)21(35)23-13(9-26)8-16(31)32/h9-11,13-14,17-18,27H,5-8H2,1-4H3,(H,22,28)(H,23,35)(H,24,34)(H,25,33)(H,29,30)(H,31,32)/t10?,11-,13-,14?,17-,18-/m0/s1. The lowest BCUT2D eigenvalue weighted by Gasteiger charge is -2.28. The summed E-state index contributed by atoms with van der Waals surface area (Å²) < 4.78 is 0. The number of aliphatic hydroxyl groups excluding tert-OH is 1. The number of carboxylic acids is 2. The predicted molar refractivity (Wildman–Crippen MR) is 120 cm³/mol. The highest BCUT2D eigenvalue weighted by molar-refractivity contribution is 5.95. The second kappa shape index (κ2) is 15.4. The van der Waals surface area contributed by atoms with Crippen molar-refractivity contribution < 1.29 is 48.9 Å². The Morgan fingerprint density at radius 3 is 1.83 bits per heavy atom. The molecule has 0 radical (unpaired) electrons. The number of rotatable bonds is 16. The molecule has 0 bridgehead atoms. The molecular formula is C21H34N4O10. The fourth-order valence-electron chi connectivity index (χ4n) is 2.97. The maximum absolute atomic E-state index is 12.9. The zero-order valence-electron chi connectivity index (χ0n) is 20.1. The number of aliphatic carboxylic acids is 2. The average molecular weight is 503 g/mol. The molecule has 0 fully saturated rings. The zero-order valence-corrected chi connectivity index (χ0v) is 20.1. The van der Waals surface area contributed by atoms with Gasteiger partial charge in [-0.05, 0) is 19.3 Å². The largest absolute Gasteiger partial charge is 0.481 e. The van der Waals surface area contributed by atoms with Crippen LogP contribution < -0.4 is 21.3 Å². The number of aldehydes is 1. The molecule has 0 saturated heterocycles. The fraction of sp³-hybridized carbons (Fsp3) is 0.667. The molecule has 4 amide bonds. The first kappa shape index (κ1) is 31.4. The molecule has 0 spiro atoms. The molecule has 0 aromatic heterocycles. The van der Waals surface area contributed by atoms with E-state index < -0.39 is 78.7 Å². The van der Waals surface area contributed by atoms with Gasteiger partial charge in [0.05, 0.1) is 18.6 Å². The van der Waals surface area contributed by atoms with Gasteiger partial charge in [-0.15, -0.1) is 0 Å². The predicted octanol–water partition coefficient (Wildman–Crippen LogP) is -2.09. The Labute approximate surface area is 202 Å². The molecule has 14 nitrogen and oxygen atoms in total. The summed E-state index contributed by atoms with van der Waals surface area (Å²) in [6, 6.07) is -5.54. The van der Waals surface area contributed by atoms with Gasteiger partial charge in [-0.2, -0.15) is 0 Å². The van der Waals surface area contributed by atoms with E-state index in [1.54, 1.807) is 13.8 Å². The van der Waals surface area contributed by atoms with Crippen LogP contribution in [0.5, 0.6) is 0 Å². The molecule has 14 heteroatoms. The molecule has 0 aliphatic heterocycles. The quantitative estimate of drug-likeness (QED) is 0.114. The van der Waals surface area contributed by atoms with E-state index in [2.05, 4.69) is 21.3 Å². The first-order chi connectivity index (χ1) is 16.2. The van der Waals surface area contributed by atoms with Crippen molar-refractivity contribution in [3.63, 3.8) is 0 Å². The Bertz CT molecular complexity index is 801. The minimum atomic E-state index is -1.65. The average Bonchev–Trinajstić information content (AvgIpc) is 2.76. The summed E-state index contributed by atoms with van der Waals surface area (Å²) in [6.45, 7) is 5.84. The van der Waals surface area contributed by atoms with E-state index in [0.717, 1.165) is 6.92 Å². The summed E-state index contributed by atoms with van der Waals surface area (Å²) in [4.78, 5) is 82.5. The molecule has 0 rings (SSSR count). The van der Waals surface area contributed by atoms with Crippen molar-refractivity contribution in [3.8, 4) is 0 Å². The molecule has 0 heterocycles. The Balaban J connectivity index is 5.69. The van der Waals surface area contributed by atoms with Gasteiger partial charge in [0.1, 0.15) is 24.4 Å². The second-order valence-electron chi connectivity index (χ2n) is 8.13. The third-order valence-corrected chi connectivity index (χ3v) is 5.08. The minimum Gasteiger partial charge on any atom is -0.481 e. The van der Waals surface area contributed by atoms with Gasteiger partial charge >= 0.3 is 11.9 Å². The van der Waals surface area contributed by atoms with E-state index in [1.807, 2.05) is 0 Å². The van der Waals surface area contributed by atoms with E-state index in [-0.39, 0.29) is 18.6 Å². The number of aliphatic hydroxyl groups is 1. The lowest BCUT2D eigenvalue weighted by Crippen LogP contribution is -2.60. The second-order valence-corrected chi connectivity index (χ2v) is 8.13. The molecule has 0 aliphatic rings. The van der Waals surface area contributed by atoms with Crippen LogP contribution in [-0.4, -0.2) is 87.4 Å². The van der Waals surface area contributed by atoms with Gasteiger partial charge < -0.3 is 41.4 Å². The van der Waals surface area contributed by atoms with Crippen molar-refractivity contribution in [2.45, 2.75) is 83.6 Å². The van der Waals surface area contributed by atoms with E-state index in [9.17, 15) is 38.7 Å². The van der Waals surface area contributed by atoms with Crippen LogP contribution in [0.2, 0.25) is 0 Å². The van der Waals surface area contributed by atoms with Crippen LogP contribution in [0, 0.1) is 5.92 Å². The smallest absolute Gasteiger partial charge is 0.305 e. The van der Waals surface area contributed by atoms with Gasteiger partial charge in [0, 0.05) is 13.3 Å². The van der Waals surface area contributed by atoms with E-state index >= 15 is 0 Å². The van der Waals surface area contributed by atoms with Crippen molar-refractivity contribution in [2.75, 3.05) is 0 Å². The highest BCUT2D eigenvalue weighted by Crippen LogP contribution is 2.10. The summed E-state index contributed by atoms with van der Waals surface area (Å²) in [5, 5.41) is 36.9. The first-order valence-corrected chi connectivity index (χ1v) is 11.0. The van der Waals surface area contributed by atoms with Crippen LogP contribution >= 0.6 is 0 Å². The maximum Gasteiger partial charge on any atom is 0.305 e. The molecule has 35 heavy (non-hydrogen) atoms. The van der Waals surface area contributed by atoms with Crippen molar-refractivity contribution in [1.29, 1.82) is 0 Å². The molecule has 0 aromatic carbocycles. The molecule has 6 atom stereocenters. The van der Waals surface area contributed by atoms with Crippen LogP contribution in [0.3, 0.4) is 0 Å². The Hall–Kier alpha value is -3.55. The van der Waals surface area contributed by atoms with Crippen molar-refractivity contribution >= 4 is 41.9 Å². The van der Waals surface area contributed by atoms with Crippen LogP contribution in [-0.2, 0) is 33.6 Å². The highest BCUT2D eigenvalue weighted by atomic mass is 16.4. The monoisotopic (exact) mass is 502 g/mol. The molecule has 0 aromatic rings. The van der Waals surface area contributed by atoms with Crippen molar-refractivity contribution in [3.05, 3.63) is 0 Å². The topological polar surface area (TPSA) is 228 Å². The molecular weight excluding hydrogens is 468 g/mol. The number of carbonyl (C=O) groups excluding carboxylic acids is 5. The molecule has 0 saturated carbocycles. The molecule has 0 aliphatic carbocycles. The van der Waals surface area contributed by atoms with E-state index in [4.69, 9.17) is 10.2 Å². The Kier molecular flexibility index (Phi) is 13.8. The zero-order chi connectivity index (χ0) is 27.3. The number of hydrogen-bond donors (Lipinski definition) is 7. The van der Waals surface area contributed by atoms with Crippen molar-refractivity contribution in [2.24, 2.45) is 5.92 Å². The van der Waals surface area contributed by atoms with Gasteiger partial charge in [-0.3, -0.25) is 28.8 Å². The van der Waals surface area contributed by atoms with Crippen molar-refractivity contribution in [1.82, 2.24) is 21.3 Å². The van der Waals surface area contributed by atoms with Crippen LogP contribution in [0.1, 0.15) is 53.4 Å². The lowest BCUT2D eigenvalue weighted by molar-refractivity contribution is -0.140. The number of nitrogens with one attached hydrogen (secondary N) is 4. The van der Waals surface area contributed by atoms with Gasteiger partial charge in [0.15, 0.2) is 0 Å². The van der Waals surface area contributed by atoms with Gasteiger partial charge in [-0.25, -0.2) is 0 Å². The SMILES string of the molecule is CCC(C)[C@H](NC(C)=O)C(=O)NC(CCC(=O)O)C(=O)N[C@H](C(=O)N[C@H](C=O)CC(=O)O)[C@H](C)O. The third kappa shape index (κ3) is 11.9.